The molecule has 1 atom stereocenters. The Hall–Kier alpha value is -0.840. The van der Waals surface area contributed by atoms with Crippen molar-refractivity contribution < 1.29 is 0 Å². The highest BCUT2D eigenvalue weighted by Crippen LogP contribution is 2.30. The van der Waals surface area contributed by atoms with Gasteiger partial charge in [0.05, 0.1) is 9.72 Å². The molecule has 1 unspecified atom stereocenters. The largest absolute Gasteiger partial charge is 0.360 e. The van der Waals surface area contributed by atoms with Gasteiger partial charge in [-0.3, -0.25) is 0 Å². The highest BCUT2D eigenvalue weighted by molar-refractivity contribution is 7.22. The fourth-order valence-corrected chi connectivity index (χ4v) is 2.41. The molecule has 0 aliphatic heterocycles. The predicted octanol–water partition coefficient (Wildman–Crippen LogP) is 2.71. The third-order valence-electron chi connectivity index (χ3n) is 1.95. The summed E-state index contributed by atoms with van der Waals surface area (Å²) in [5.74, 6) is 0. The molecule has 1 aromatic carbocycles. The highest BCUT2D eigenvalue weighted by Gasteiger charge is 2.06. The van der Waals surface area contributed by atoms with Gasteiger partial charge in [0, 0.05) is 12.6 Å². The molecule has 0 amide bonds. The van der Waals surface area contributed by atoms with Crippen molar-refractivity contribution in [3.05, 3.63) is 23.2 Å². The third-order valence-corrected chi connectivity index (χ3v) is 3.23. The van der Waals surface area contributed by atoms with Gasteiger partial charge in [-0.1, -0.05) is 29.0 Å². The minimum Gasteiger partial charge on any atom is -0.360 e. The standard InChI is InChI=1S/C10H12ClN3S/c1-6(12)5-13-10-14-9-7(11)3-2-4-8(9)15-10/h2-4,6H,5,12H2,1H3,(H,13,14). The number of para-hydroxylation sites is 1. The first kappa shape index (κ1) is 10.7. The number of fused-ring (bicyclic) bond motifs is 1. The lowest BCUT2D eigenvalue weighted by molar-refractivity contribution is 0.779. The molecule has 0 saturated heterocycles. The maximum atomic E-state index is 6.02. The molecule has 0 saturated carbocycles. The number of hydrogen-bond acceptors (Lipinski definition) is 4. The zero-order chi connectivity index (χ0) is 10.8. The van der Waals surface area contributed by atoms with Gasteiger partial charge in [-0.25, -0.2) is 4.98 Å². The van der Waals surface area contributed by atoms with Gasteiger partial charge < -0.3 is 11.1 Å². The number of rotatable bonds is 3. The summed E-state index contributed by atoms with van der Waals surface area (Å²) < 4.78 is 1.09. The number of hydrogen-bond donors (Lipinski definition) is 2. The van der Waals surface area contributed by atoms with Crippen molar-refractivity contribution in [2.24, 2.45) is 5.73 Å². The maximum Gasteiger partial charge on any atom is 0.183 e. The summed E-state index contributed by atoms with van der Waals surface area (Å²) in [5.41, 5.74) is 6.51. The second-order valence-electron chi connectivity index (χ2n) is 3.46. The predicted molar refractivity (Wildman–Crippen MR) is 66.8 cm³/mol. The van der Waals surface area contributed by atoms with Crippen LogP contribution in [0.2, 0.25) is 5.02 Å². The molecule has 3 N–H and O–H groups in total. The molecule has 3 nitrogen and oxygen atoms in total. The zero-order valence-electron chi connectivity index (χ0n) is 8.33. The molecule has 1 aromatic heterocycles. The molecule has 0 aliphatic carbocycles. The molecule has 80 valence electrons. The lowest BCUT2D eigenvalue weighted by Gasteiger charge is -2.04. The zero-order valence-corrected chi connectivity index (χ0v) is 9.90. The van der Waals surface area contributed by atoms with E-state index in [-0.39, 0.29) is 6.04 Å². The Bertz CT molecular complexity index is 467. The topological polar surface area (TPSA) is 50.9 Å². The van der Waals surface area contributed by atoms with Gasteiger partial charge in [-0.05, 0) is 19.1 Å². The van der Waals surface area contributed by atoms with E-state index in [1.165, 1.54) is 0 Å². The molecule has 2 rings (SSSR count). The molecule has 1 heterocycles. The van der Waals surface area contributed by atoms with Crippen molar-refractivity contribution in [3.8, 4) is 0 Å². The van der Waals surface area contributed by atoms with Gasteiger partial charge in [0.15, 0.2) is 5.13 Å². The van der Waals surface area contributed by atoms with E-state index < -0.39 is 0 Å². The van der Waals surface area contributed by atoms with Crippen molar-refractivity contribution in [1.29, 1.82) is 0 Å². The summed E-state index contributed by atoms with van der Waals surface area (Å²) in [5, 5.41) is 4.75. The SMILES string of the molecule is CC(N)CNc1nc2c(Cl)cccc2s1. The quantitative estimate of drug-likeness (QED) is 0.869. The number of benzene rings is 1. The molecule has 15 heavy (non-hydrogen) atoms. The monoisotopic (exact) mass is 241 g/mol. The Balaban J connectivity index is 2.27. The van der Waals surface area contributed by atoms with Gasteiger partial charge in [0.2, 0.25) is 0 Å². The maximum absolute atomic E-state index is 6.02. The summed E-state index contributed by atoms with van der Waals surface area (Å²) in [4.78, 5) is 4.40. The molecule has 0 fully saturated rings. The molecule has 0 aliphatic rings. The Morgan fingerprint density at radius 3 is 3.07 bits per heavy atom. The summed E-state index contributed by atoms with van der Waals surface area (Å²) in [6, 6.07) is 5.90. The molecule has 0 spiro atoms. The van der Waals surface area contributed by atoms with E-state index in [9.17, 15) is 0 Å². The highest BCUT2D eigenvalue weighted by atomic mass is 35.5. The lowest BCUT2D eigenvalue weighted by atomic mass is 10.3. The van der Waals surface area contributed by atoms with Gasteiger partial charge in [0.1, 0.15) is 5.52 Å². The van der Waals surface area contributed by atoms with Crippen molar-refractivity contribution in [2.75, 3.05) is 11.9 Å². The Morgan fingerprint density at radius 2 is 2.40 bits per heavy atom. The lowest BCUT2D eigenvalue weighted by Crippen LogP contribution is -2.25. The number of thiazole rings is 1. The summed E-state index contributed by atoms with van der Waals surface area (Å²) in [6.45, 7) is 2.67. The van der Waals surface area contributed by atoms with E-state index in [4.69, 9.17) is 17.3 Å². The number of halogens is 1. The van der Waals surface area contributed by atoms with Crippen LogP contribution in [-0.4, -0.2) is 17.6 Å². The first-order valence-corrected chi connectivity index (χ1v) is 5.91. The average Bonchev–Trinajstić information content (AvgIpc) is 2.59. The molecule has 0 radical (unpaired) electrons. The fourth-order valence-electron chi connectivity index (χ4n) is 1.24. The van der Waals surface area contributed by atoms with Gasteiger partial charge in [-0.15, -0.1) is 0 Å². The normalized spacial score (nSPS) is 13.0. The fraction of sp³-hybridized carbons (Fsp3) is 0.300. The number of nitrogens with zero attached hydrogens (tertiary/aromatic N) is 1. The molecular weight excluding hydrogens is 230 g/mol. The minimum atomic E-state index is 0.118. The summed E-state index contributed by atoms with van der Waals surface area (Å²) in [7, 11) is 0. The van der Waals surface area contributed by atoms with E-state index in [1.54, 1.807) is 11.3 Å². The van der Waals surface area contributed by atoms with E-state index in [2.05, 4.69) is 10.3 Å². The summed E-state index contributed by atoms with van der Waals surface area (Å²) in [6.07, 6.45) is 0. The van der Waals surface area contributed by atoms with Crippen molar-refractivity contribution in [3.63, 3.8) is 0 Å². The molecule has 2 aromatic rings. The van der Waals surface area contributed by atoms with E-state index in [1.807, 2.05) is 25.1 Å². The van der Waals surface area contributed by atoms with Crippen molar-refractivity contribution >= 4 is 38.3 Å². The third kappa shape index (κ3) is 2.40. The molecular formula is C10H12ClN3S. The summed E-state index contributed by atoms with van der Waals surface area (Å²) >= 11 is 7.62. The number of nitrogens with one attached hydrogen (secondary N) is 1. The van der Waals surface area contributed by atoms with E-state index >= 15 is 0 Å². The first-order chi connectivity index (χ1) is 7.16. The van der Waals surface area contributed by atoms with Crippen LogP contribution in [0.5, 0.6) is 0 Å². The Kier molecular flexibility index (Phi) is 3.09. The molecule has 5 heteroatoms. The van der Waals surface area contributed by atoms with Crippen LogP contribution >= 0.6 is 22.9 Å². The van der Waals surface area contributed by atoms with Crippen LogP contribution < -0.4 is 11.1 Å². The van der Waals surface area contributed by atoms with E-state index in [0.29, 0.717) is 5.02 Å². The van der Waals surface area contributed by atoms with Crippen LogP contribution in [-0.2, 0) is 0 Å². The second-order valence-corrected chi connectivity index (χ2v) is 4.90. The van der Waals surface area contributed by atoms with Crippen molar-refractivity contribution in [1.82, 2.24) is 4.98 Å². The molecule has 0 bridgehead atoms. The Morgan fingerprint density at radius 1 is 1.60 bits per heavy atom. The second kappa shape index (κ2) is 4.35. The smallest absolute Gasteiger partial charge is 0.183 e. The number of anilines is 1. The first-order valence-electron chi connectivity index (χ1n) is 4.71. The number of aromatic nitrogens is 1. The Labute approximate surface area is 97.3 Å². The van der Waals surface area contributed by atoms with E-state index in [0.717, 1.165) is 21.9 Å². The van der Waals surface area contributed by atoms with Crippen LogP contribution in [0, 0.1) is 0 Å². The van der Waals surface area contributed by atoms with Crippen molar-refractivity contribution in [2.45, 2.75) is 13.0 Å². The van der Waals surface area contributed by atoms with Gasteiger partial charge in [0.25, 0.3) is 0 Å². The van der Waals surface area contributed by atoms with Crippen LogP contribution in [0.1, 0.15) is 6.92 Å². The van der Waals surface area contributed by atoms with Crippen LogP contribution in [0.3, 0.4) is 0 Å². The van der Waals surface area contributed by atoms with Gasteiger partial charge >= 0.3 is 0 Å². The van der Waals surface area contributed by atoms with Crippen LogP contribution in [0.15, 0.2) is 18.2 Å². The van der Waals surface area contributed by atoms with Gasteiger partial charge in [-0.2, -0.15) is 0 Å². The number of nitrogens with two attached hydrogens (primary N) is 1. The average molecular weight is 242 g/mol. The van der Waals surface area contributed by atoms with Crippen LogP contribution in [0.4, 0.5) is 5.13 Å². The minimum absolute atomic E-state index is 0.118. The van der Waals surface area contributed by atoms with Crippen LogP contribution in [0.25, 0.3) is 10.2 Å².